The van der Waals surface area contributed by atoms with Gasteiger partial charge in [-0.05, 0) is 32.3 Å². The summed E-state index contributed by atoms with van der Waals surface area (Å²) >= 11 is 1.40. The average Bonchev–Trinajstić information content (AvgIpc) is 3.46. The third kappa shape index (κ3) is 5.13. The van der Waals surface area contributed by atoms with Crippen LogP contribution in [0.15, 0.2) is 35.5 Å². The Labute approximate surface area is 169 Å². The van der Waals surface area contributed by atoms with Gasteiger partial charge in [0.1, 0.15) is 5.82 Å². The Morgan fingerprint density at radius 3 is 2.61 bits per heavy atom. The molecule has 8 heteroatoms. The fraction of sp³-hybridized carbons (Fsp3) is 0.500. The van der Waals surface area contributed by atoms with Crippen molar-refractivity contribution in [3.63, 3.8) is 0 Å². The van der Waals surface area contributed by atoms with Crippen LogP contribution in [0.2, 0.25) is 0 Å². The van der Waals surface area contributed by atoms with Crippen molar-refractivity contribution in [1.82, 2.24) is 19.7 Å². The van der Waals surface area contributed by atoms with Crippen molar-refractivity contribution < 1.29 is 9.59 Å². The Kier molecular flexibility index (Phi) is 6.72. The number of benzene rings is 1. The molecule has 1 unspecified atom stereocenters. The number of amides is 2. The van der Waals surface area contributed by atoms with Gasteiger partial charge in [-0.15, -0.1) is 10.2 Å². The molecule has 0 saturated heterocycles. The normalized spacial score (nSPS) is 14.6. The second-order valence-electron chi connectivity index (χ2n) is 7.08. The number of primary amides is 1. The number of hydrogen-bond acceptors (Lipinski definition) is 5. The minimum atomic E-state index is -0.351. The molecule has 0 bridgehead atoms. The van der Waals surface area contributed by atoms with Crippen LogP contribution in [0.1, 0.15) is 50.4 Å². The highest BCUT2D eigenvalue weighted by Gasteiger charge is 2.31. The highest BCUT2D eigenvalue weighted by atomic mass is 32.2. The van der Waals surface area contributed by atoms with E-state index in [1.54, 1.807) is 0 Å². The number of aromatic nitrogens is 3. The first-order valence-electron chi connectivity index (χ1n) is 9.70. The zero-order chi connectivity index (χ0) is 20.1. The van der Waals surface area contributed by atoms with Gasteiger partial charge in [-0.3, -0.25) is 9.59 Å². The van der Waals surface area contributed by atoms with Crippen molar-refractivity contribution in [2.75, 3.05) is 6.54 Å². The third-order valence-corrected chi connectivity index (χ3v) is 5.88. The summed E-state index contributed by atoms with van der Waals surface area (Å²) in [6, 6.07) is 9.97. The number of nitrogens with two attached hydrogens (primary N) is 1. The highest BCUT2D eigenvalue weighted by Crippen LogP contribution is 2.40. The van der Waals surface area contributed by atoms with E-state index in [1.807, 2.05) is 53.6 Å². The molecule has 1 atom stereocenters. The largest absolute Gasteiger partial charge is 0.370 e. The van der Waals surface area contributed by atoms with Crippen molar-refractivity contribution in [2.24, 2.45) is 5.73 Å². The summed E-state index contributed by atoms with van der Waals surface area (Å²) in [5.41, 5.74) is 6.43. The van der Waals surface area contributed by atoms with Crippen LogP contribution < -0.4 is 5.73 Å². The van der Waals surface area contributed by atoms with Crippen LogP contribution in [0, 0.1) is 0 Å². The minimum Gasteiger partial charge on any atom is -0.370 e. The van der Waals surface area contributed by atoms with Crippen LogP contribution in [-0.4, -0.2) is 43.3 Å². The van der Waals surface area contributed by atoms with Crippen LogP contribution in [0.5, 0.6) is 0 Å². The zero-order valence-corrected chi connectivity index (χ0v) is 17.2. The monoisotopic (exact) mass is 401 g/mol. The van der Waals surface area contributed by atoms with Crippen molar-refractivity contribution >= 4 is 23.6 Å². The molecule has 1 heterocycles. The van der Waals surface area contributed by atoms with E-state index in [0.29, 0.717) is 30.7 Å². The van der Waals surface area contributed by atoms with Crippen molar-refractivity contribution in [1.29, 1.82) is 0 Å². The molecule has 2 aromatic rings. The lowest BCUT2D eigenvalue weighted by Crippen LogP contribution is -2.36. The maximum absolute atomic E-state index is 13.0. The predicted molar refractivity (Wildman–Crippen MR) is 109 cm³/mol. The van der Waals surface area contributed by atoms with E-state index in [4.69, 9.17) is 5.73 Å². The number of thioether (sulfide) groups is 1. The summed E-state index contributed by atoms with van der Waals surface area (Å²) in [5.74, 6) is 1.02. The van der Waals surface area contributed by atoms with Gasteiger partial charge >= 0.3 is 0 Å². The molecule has 1 aliphatic rings. The topological polar surface area (TPSA) is 94.1 Å². The van der Waals surface area contributed by atoms with E-state index >= 15 is 0 Å². The molecule has 2 N–H and O–H groups in total. The number of rotatable bonds is 10. The van der Waals surface area contributed by atoms with Gasteiger partial charge in [0.05, 0.1) is 5.25 Å². The van der Waals surface area contributed by atoms with E-state index in [2.05, 4.69) is 10.2 Å². The number of nitrogens with zero attached hydrogens (tertiary/aromatic N) is 4. The lowest BCUT2D eigenvalue weighted by molar-refractivity contribution is -0.130. The van der Waals surface area contributed by atoms with Gasteiger partial charge < -0.3 is 15.2 Å². The molecule has 7 nitrogen and oxygen atoms in total. The Bertz CT molecular complexity index is 819. The Hall–Kier alpha value is -2.35. The maximum Gasteiger partial charge on any atom is 0.236 e. The first-order valence-corrected chi connectivity index (χ1v) is 10.6. The molecule has 1 aromatic heterocycles. The first-order chi connectivity index (χ1) is 13.5. The van der Waals surface area contributed by atoms with Gasteiger partial charge in [0.2, 0.25) is 11.8 Å². The van der Waals surface area contributed by atoms with Crippen LogP contribution in [0.4, 0.5) is 0 Å². The standard InChI is InChI=1S/C20H27N5O2S/c1-3-24(13-15-7-5-4-6-8-15)19(27)14(2)28-20-23-22-18(16-9-10-16)25(20)12-11-17(21)26/h4-8,14,16H,3,9-13H2,1-2H3,(H2,21,26). The fourth-order valence-electron chi connectivity index (χ4n) is 3.08. The van der Waals surface area contributed by atoms with E-state index in [9.17, 15) is 9.59 Å². The molecule has 150 valence electrons. The lowest BCUT2D eigenvalue weighted by atomic mass is 10.2. The van der Waals surface area contributed by atoms with Crippen LogP contribution in [-0.2, 0) is 22.7 Å². The molecular weight excluding hydrogens is 374 g/mol. The molecule has 1 aliphatic carbocycles. The first kappa shape index (κ1) is 20.4. The summed E-state index contributed by atoms with van der Waals surface area (Å²) in [4.78, 5) is 26.1. The SMILES string of the molecule is CCN(Cc1ccccc1)C(=O)C(C)Sc1nnc(C2CC2)n1CCC(N)=O. The van der Waals surface area contributed by atoms with Gasteiger partial charge in [0.15, 0.2) is 5.16 Å². The minimum absolute atomic E-state index is 0.0637. The maximum atomic E-state index is 13.0. The van der Waals surface area contributed by atoms with Gasteiger partial charge in [0, 0.05) is 32.0 Å². The fourth-order valence-corrected chi connectivity index (χ4v) is 4.04. The van der Waals surface area contributed by atoms with Crippen molar-refractivity contribution in [3.8, 4) is 0 Å². The van der Waals surface area contributed by atoms with E-state index in [-0.39, 0.29) is 23.5 Å². The second kappa shape index (κ2) is 9.23. The summed E-state index contributed by atoms with van der Waals surface area (Å²) in [5, 5.41) is 9.00. The van der Waals surface area contributed by atoms with E-state index in [1.165, 1.54) is 11.8 Å². The Morgan fingerprint density at radius 1 is 1.29 bits per heavy atom. The number of hydrogen-bond donors (Lipinski definition) is 1. The van der Waals surface area contributed by atoms with Crippen molar-refractivity contribution in [2.45, 2.75) is 62.5 Å². The van der Waals surface area contributed by atoms with Crippen molar-refractivity contribution in [3.05, 3.63) is 41.7 Å². The molecular formula is C20H27N5O2S. The molecule has 1 aromatic carbocycles. The van der Waals surface area contributed by atoms with Crippen LogP contribution in [0.25, 0.3) is 0 Å². The van der Waals surface area contributed by atoms with Gasteiger partial charge in [-0.25, -0.2) is 0 Å². The third-order valence-electron chi connectivity index (χ3n) is 4.81. The van der Waals surface area contributed by atoms with E-state index < -0.39 is 0 Å². The van der Waals surface area contributed by atoms with Gasteiger partial charge in [-0.1, -0.05) is 42.1 Å². The molecule has 1 fully saturated rings. The van der Waals surface area contributed by atoms with Crippen LogP contribution in [0.3, 0.4) is 0 Å². The molecule has 0 radical (unpaired) electrons. The smallest absolute Gasteiger partial charge is 0.236 e. The van der Waals surface area contributed by atoms with E-state index in [0.717, 1.165) is 24.2 Å². The number of carbonyl (C=O) groups is 2. The number of carbonyl (C=O) groups excluding carboxylic acids is 2. The highest BCUT2D eigenvalue weighted by molar-refractivity contribution is 8.00. The lowest BCUT2D eigenvalue weighted by Gasteiger charge is -2.24. The zero-order valence-electron chi connectivity index (χ0n) is 16.4. The molecule has 1 saturated carbocycles. The summed E-state index contributed by atoms with van der Waals surface area (Å²) < 4.78 is 1.96. The van der Waals surface area contributed by atoms with Gasteiger partial charge in [-0.2, -0.15) is 0 Å². The second-order valence-corrected chi connectivity index (χ2v) is 8.39. The predicted octanol–water partition coefficient (Wildman–Crippen LogP) is 2.56. The molecule has 0 spiro atoms. The molecule has 28 heavy (non-hydrogen) atoms. The summed E-state index contributed by atoms with van der Waals surface area (Å²) in [6.45, 7) is 5.56. The summed E-state index contributed by atoms with van der Waals surface area (Å²) in [6.07, 6.45) is 2.42. The summed E-state index contributed by atoms with van der Waals surface area (Å²) in [7, 11) is 0. The van der Waals surface area contributed by atoms with Crippen LogP contribution >= 0.6 is 11.8 Å². The van der Waals surface area contributed by atoms with Gasteiger partial charge in [0.25, 0.3) is 0 Å². The molecule has 0 aliphatic heterocycles. The molecule has 2 amide bonds. The Balaban J connectivity index is 1.69. The molecule has 3 rings (SSSR count). The Morgan fingerprint density at radius 2 is 2.00 bits per heavy atom. The quantitative estimate of drug-likeness (QED) is 0.618. The average molecular weight is 402 g/mol.